The molecule has 0 bridgehead atoms. The molecule has 3 aromatic rings. The van der Waals surface area contributed by atoms with Gasteiger partial charge in [-0.15, -0.1) is 0 Å². The molecule has 0 spiro atoms. The van der Waals surface area contributed by atoms with E-state index in [-0.39, 0.29) is 21.2 Å². The third kappa shape index (κ3) is 4.15. The fourth-order valence-electron chi connectivity index (χ4n) is 3.38. The van der Waals surface area contributed by atoms with Crippen LogP contribution in [0.2, 0.25) is 10.0 Å². The quantitative estimate of drug-likeness (QED) is 0.296. The van der Waals surface area contributed by atoms with Crippen molar-refractivity contribution < 1.29 is 23.9 Å². The van der Waals surface area contributed by atoms with Crippen molar-refractivity contribution in [1.29, 1.82) is 0 Å². The van der Waals surface area contributed by atoms with Crippen LogP contribution in [0.3, 0.4) is 0 Å². The van der Waals surface area contributed by atoms with Gasteiger partial charge in [-0.25, -0.2) is 0 Å². The van der Waals surface area contributed by atoms with Gasteiger partial charge < -0.3 is 4.74 Å². The van der Waals surface area contributed by atoms with E-state index in [9.17, 15) is 19.2 Å². The fourth-order valence-corrected chi connectivity index (χ4v) is 3.71. The number of carbonyl (C=O) groups excluding carboxylic acids is 4. The highest BCUT2D eigenvalue weighted by Gasteiger charge is 2.38. The molecule has 0 aliphatic carbocycles. The molecule has 1 aliphatic rings. The molecule has 0 unspecified atom stereocenters. The summed E-state index contributed by atoms with van der Waals surface area (Å²) in [5, 5.41) is 0.238. The lowest BCUT2D eigenvalue weighted by Gasteiger charge is -2.19. The highest BCUT2D eigenvalue weighted by atomic mass is 35.5. The molecule has 3 aromatic carbocycles. The fraction of sp³-hybridized carbons (Fsp3) is 0.0833. The van der Waals surface area contributed by atoms with E-state index in [1.54, 1.807) is 60.7 Å². The molecule has 0 radical (unpaired) electrons. The van der Waals surface area contributed by atoms with Gasteiger partial charge in [0, 0.05) is 11.1 Å². The maximum absolute atomic E-state index is 13.0. The van der Waals surface area contributed by atoms with Crippen molar-refractivity contribution in [2.75, 3.05) is 6.54 Å². The summed E-state index contributed by atoms with van der Waals surface area (Å²) in [4.78, 5) is 51.8. The largest absolute Gasteiger partial charge is 0.448 e. The highest BCUT2D eigenvalue weighted by molar-refractivity contribution is 6.43. The number of ketones is 1. The van der Waals surface area contributed by atoms with Gasteiger partial charge in [-0.05, 0) is 12.1 Å². The number of fused-ring (bicyclic) bond motifs is 1. The summed E-state index contributed by atoms with van der Waals surface area (Å²) < 4.78 is 5.47. The molecule has 0 fully saturated rings. The summed E-state index contributed by atoms with van der Waals surface area (Å²) in [5.41, 5.74) is 0.934. The van der Waals surface area contributed by atoms with Gasteiger partial charge in [0.2, 0.25) is 5.78 Å². The predicted molar refractivity (Wildman–Crippen MR) is 118 cm³/mol. The summed E-state index contributed by atoms with van der Waals surface area (Å²) in [7, 11) is 0. The Morgan fingerprint density at radius 2 is 1.31 bits per heavy atom. The van der Waals surface area contributed by atoms with E-state index < -0.39 is 36.2 Å². The molecule has 4 rings (SSSR count). The number of benzene rings is 3. The molecule has 160 valence electrons. The number of halogens is 2. The lowest BCUT2D eigenvalue weighted by molar-refractivity contribution is -0.147. The molecule has 32 heavy (non-hydrogen) atoms. The van der Waals surface area contributed by atoms with Crippen molar-refractivity contribution >= 4 is 46.8 Å². The second-order valence-electron chi connectivity index (χ2n) is 7.02. The Labute approximate surface area is 193 Å². The number of hydrogen-bond acceptors (Lipinski definition) is 5. The molecule has 1 heterocycles. The molecule has 0 saturated heterocycles. The van der Waals surface area contributed by atoms with Crippen LogP contribution in [0, 0.1) is 0 Å². The van der Waals surface area contributed by atoms with E-state index in [4.69, 9.17) is 27.9 Å². The van der Waals surface area contributed by atoms with Crippen LogP contribution in [-0.2, 0) is 9.53 Å². The Balaban J connectivity index is 1.56. The lowest BCUT2D eigenvalue weighted by atomic mass is 10.00. The van der Waals surface area contributed by atoms with Gasteiger partial charge in [-0.3, -0.25) is 24.1 Å². The first-order valence-electron chi connectivity index (χ1n) is 9.55. The highest BCUT2D eigenvalue weighted by Crippen LogP contribution is 2.31. The molecule has 6 nitrogen and oxygen atoms in total. The third-order valence-electron chi connectivity index (χ3n) is 4.95. The third-order valence-corrected chi connectivity index (χ3v) is 5.67. The Morgan fingerprint density at radius 3 is 1.84 bits per heavy atom. The molecular formula is C24H15Cl2NO5. The number of hydrogen-bond donors (Lipinski definition) is 0. The van der Waals surface area contributed by atoms with Crippen LogP contribution in [0.25, 0.3) is 0 Å². The number of Topliss-reactive ketones (excluding diaryl/α,β-unsaturated/α-hetero) is 1. The summed E-state index contributed by atoms with van der Waals surface area (Å²) in [6.07, 6.45) is -1.23. The first-order valence-corrected chi connectivity index (χ1v) is 10.3. The number of carbonyl (C=O) groups is 4. The number of esters is 1. The van der Waals surface area contributed by atoms with Crippen molar-refractivity contribution in [1.82, 2.24) is 4.90 Å². The van der Waals surface area contributed by atoms with Crippen molar-refractivity contribution in [2.24, 2.45) is 0 Å². The van der Waals surface area contributed by atoms with Crippen LogP contribution in [0.15, 0.2) is 72.8 Å². The van der Waals surface area contributed by atoms with Crippen LogP contribution >= 0.6 is 23.2 Å². The smallest absolute Gasteiger partial charge is 0.327 e. The summed E-state index contributed by atoms with van der Waals surface area (Å²) in [6, 6.07) is 19.5. The topological polar surface area (TPSA) is 80.8 Å². The predicted octanol–water partition coefficient (Wildman–Crippen LogP) is 4.76. The average Bonchev–Trinajstić information content (AvgIpc) is 3.02. The van der Waals surface area contributed by atoms with E-state index in [0.29, 0.717) is 11.1 Å². The average molecular weight is 468 g/mol. The van der Waals surface area contributed by atoms with Crippen molar-refractivity contribution in [3.05, 3.63) is 105 Å². The van der Waals surface area contributed by atoms with E-state index >= 15 is 0 Å². The summed E-state index contributed by atoms with van der Waals surface area (Å²) in [5.74, 6) is -2.71. The summed E-state index contributed by atoms with van der Waals surface area (Å²) in [6.45, 7) is -0.660. The second-order valence-corrected chi connectivity index (χ2v) is 7.83. The van der Waals surface area contributed by atoms with E-state index in [1.165, 1.54) is 12.1 Å². The molecule has 1 aliphatic heterocycles. The van der Waals surface area contributed by atoms with Crippen LogP contribution in [-0.4, -0.2) is 35.0 Å². The molecule has 0 saturated carbocycles. The molecule has 2 amide bonds. The van der Waals surface area contributed by atoms with Gasteiger partial charge in [-0.2, -0.15) is 0 Å². The number of rotatable bonds is 6. The van der Waals surface area contributed by atoms with Gasteiger partial charge >= 0.3 is 5.97 Å². The van der Waals surface area contributed by atoms with Gasteiger partial charge in [0.1, 0.15) is 6.54 Å². The van der Waals surface area contributed by atoms with Gasteiger partial charge in [0.05, 0.1) is 21.2 Å². The molecule has 1 atom stereocenters. The number of imide groups is 1. The Hall–Kier alpha value is -3.48. The standard InChI is InChI=1S/C24H15Cl2NO5/c25-18-11-16-17(12-19(18)26)24(31)27(23(16)30)13-20(28)32-22(15-9-5-2-6-10-15)21(29)14-7-3-1-4-8-14/h1-12,22H,13H2/t22-/m1/s1. The Morgan fingerprint density at radius 1 is 0.812 bits per heavy atom. The van der Waals surface area contributed by atoms with E-state index in [1.807, 2.05) is 0 Å². The maximum atomic E-state index is 13.0. The van der Waals surface area contributed by atoms with Crippen molar-refractivity contribution in [3.63, 3.8) is 0 Å². The minimum absolute atomic E-state index is 0.0529. The number of amides is 2. The SMILES string of the molecule is O=C(CN1C(=O)c2cc(Cl)c(Cl)cc2C1=O)O[C@@H](C(=O)c1ccccc1)c1ccccc1. The molecule has 0 aromatic heterocycles. The first kappa shape index (κ1) is 21.7. The van der Waals surface area contributed by atoms with Crippen molar-refractivity contribution in [3.8, 4) is 0 Å². The maximum Gasteiger partial charge on any atom is 0.327 e. The number of nitrogens with zero attached hydrogens (tertiary/aromatic N) is 1. The van der Waals surface area contributed by atoms with Crippen LogP contribution in [0.5, 0.6) is 0 Å². The molecule has 0 N–H and O–H groups in total. The molecule has 8 heteroatoms. The van der Waals surface area contributed by atoms with Crippen LogP contribution in [0.1, 0.15) is 42.7 Å². The van der Waals surface area contributed by atoms with Gasteiger partial charge in [0.15, 0.2) is 6.10 Å². The van der Waals surface area contributed by atoms with Crippen LogP contribution < -0.4 is 0 Å². The van der Waals surface area contributed by atoms with Crippen molar-refractivity contribution in [2.45, 2.75) is 6.10 Å². The zero-order valence-corrected chi connectivity index (χ0v) is 18.0. The number of ether oxygens (including phenoxy) is 1. The minimum Gasteiger partial charge on any atom is -0.448 e. The van der Waals surface area contributed by atoms with E-state index in [0.717, 1.165) is 4.90 Å². The monoisotopic (exact) mass is 467 g/mol. The summed E-state index contributed by atoms with van der Waals surface area (Å²) >= 11 is 11.9. The van der Waals surface area contributed by atoms with Gasteiger partial charge in [0.25, 0.3) is 11.8 Å². The van der Waals surface area contributed by atoms with E-state index in [2.05, 4.69) is 0 Å². The zero-order valence-electron chi connectivity index (χ0n) is 16.5. The Bertz CT molecular complexity index is 1190. The van der Waals surface area contributed by atoms with Crippen LogP contribution in [0.4, 0.5) is 0 Å². The Kier molecular flexibility index (Phi) is 6.08. The molecular weight excluding hydrogens is 453 g/mol. The first-order chi connectivity index (χ1) is 15.4. The minimum atomic E-state index is -1.23. The van der Waals surface area contributed by atoms with Gasteiger partial charge in [-0.1, -0.05) is 83.9 Å². The zero-order chi connectivity index (χ0) is 22.8. The lowest BCUT2D eigenvalue weighted by Crippen LogP contribution is -2.36. The second kappa shape index (κ2) is 8.94. The normalized spacial score (nSPS) is 13.6.